The van der Waals surface area contributed by atoms with Crippen LogP contribution in [0.5, 0.6) is 0 Å². The van der Waals surface area contributed by atoms with E-state index in [4.69, 9.17) is 0 Å². The summed E-state index contributed by atoms with van der Waals surface area (Å²) < 4.78 is 1.16. The zero-order chi connectivity index (χ0) is 12.1. The number of hydrogen-bond acceptors (Lipinski definition) is 2. The fourth-order valence-corrected chi connectivity index (χ4v) is 2.01. The molecule has 1 aromatic carbocycles. The lowest BCUT2D eigenvalue weighted by atomic mass is 10.1. The van der Waals surface area contributed by atoms with E-state index in [0.717, 1.165) is 23.3 Å². The van der Waals surface area contributed by atoms with Crippen LogP contribution in [-0.2, 0) is 13.1 Å². The van der Waals surface area contributed by atoms with E-state index in [2.05, 4.69) is 51.4 Å². The first kappa shape index (κ1) is 12.3. The first-order valence-electron chi connectivity index (χ1n) is 5.61. The van der Waals surface area contributed by atoms with Crippen molar-refractivity contribution in [2.45, 2.75) is 20.0 Å². The number of nitrogens with zero attached hydrogens (tertiary/aromatic N) is 1. The quantitative estimate of drug-likeness (QED) is 0.933. The van der Waals surface area contributed by atoms with Gasteiger partial charge in [0.25, 0.3) is 0 Å². The lowest BCUT2D eigenvalue weighted by molar-refractivity contribution is 0.679. The minimum atomic E-state index is 0.798. The summed E-state index contributed by atoms with van der Waals surface area (Å²) in [6, 6.07) is 12.4. The van der Waals surface area contributed by atoms with Crippen LogP contribution in [0.25, 0.3) is 0 Å². The molecule has 1 aromatic heterocycles. The third kappa shape index (κ3) is 3.65. The van der Waals surface area contributed by atoms with Crippen LogP contribution in [0.4, 0.5) is 0 Å². The van der Waals surface area contributed by atoms with Crippen LogP contribution in [-0.4, -0.2) is 4.98 Å². The lowest BCUT2D eigenvalue weighted by Crippen LogP contribution is -2.13. The summed E-state index contributed by atoms with van der Waals surface area (Å²) in [5.74, 6) is 0. The second-order valence-electron chi connectivity index (χ2n) is 4.01. The molecule has 0 amide bonds. The maximum atomic E-state index is 4.27. The number of hydrogen-bond donors (Lipinski definition) is 1. The molecular weight excluding hydrogens is 276 g/mol. The Bertz CT molecular complexity index is 483. The van der Waals surface area contributed by atoms with E-state index in [-0.39, 0.29) is 0 Å². The van der Waals surface area contributed by atoms with Crippen LogP contribution in [0, 0.1) is 6.92 Å². The Hall–Kier alpha value is -1.19. The summed E-state index contributed by atoms with van der Waals surface area (Å²) in [4.78, 5) is 4.27. The van der Waals surface area contributed by atoms with Gasteiger partial charge in [-0.1, -0.05) is 34.1 Å². The van der Waals surface area contributed by atoms with Crippen LogP contribution in [0.1, 0.15) is 16.8 Å². The van der Waals surface area contributed by atoms with Gasteiger partial charge in [0, 0.05) is 23.8 Å². The second kappa shape index (κ2) is 5.94. The molecule has 0 bridgehead atoms. The standard InChI is InChI=1S/C14H15BrN2/c1-11-5-6-12(8-14(11)15)9-16-10-13-4-2-3-7-17-13/h2-8,16H,9-10H2,1H3. The molecule has 0 aliphatic rings. The highest BCUT2D eigenvalue weighted by Crippen LogP contribution is 2.17. The maximum Gasteiger partial charge on any atom is 0.0541 e. The van der Waals surface area contributed by atoms with Crippen molar-refractivity contribution in [2.24, 2.45) is 0 Å². The summed E-state index contributed by atoms with van der Waals surface area (Å²) >= 11 is 3.54. The van der Waals surface area contributed by atoms with E-state index in [0.29, 0.717) is 0 Å². The number of halogens is 1. The minimum absolute atomic E-state index is 0.798. The number of aryl methyl sites for hydroxylation is 1. The van der Waals surface area contributed by atoms with Crippen LogP contribution in [0.2, 0.25) is 0 Å². The maximum absolute atomic E-state index is 4.27. The molecule has 0 unspecified atom stereocenters. The number of rotatable bonds is 4. The predicted molar refractivity (Wildman–Crippen MR) is 73.7 cm³/mol. The minimum Gasteiger partial charge on any atom is -0.307 e. The first-order valence-corrected chi connectivity index (χ1v) is 6.40. The fourth-order valence-electron chi connectivity index (χ4n) is 1.58. The number of pyridine rings is 1. The van der Waals surface area contributed by atoms with Gasteiger partial charge in [-0.05, 0) is 36.2 Å². The summed E-state index contributed by atoms with van der Waals surface area (Å²) in [5.41, 5.74) is 3.61. The Morgan fingerprint density at radius 3 is 2.76 bits per heavy atom. The van der Waals surface area contributed by atoms with E-state index >= 15 is 0 Å². The fraction of sp³-hybridized carbons (Fsp3) is 0.214. The zero-order valence-corrected chi connectivity index (χ0v) is 11.4. The predicted octanol–water partition coefficient (Wildman–Crippen LogP) is 3.44. The monoisotopic (exact) mass is 290 g/mol. The zero-order valence-electron chi connectivity index (χ0n) is 9.78. The number of aromatic nitrogens is 1. The average Bonchev–Trinajstić information content (AvgIpc) is 2.35. The highest BCUT2D eigenvalue weighted by atomic mass is 79.9. The highest BCUT2D eigenvalue weighted by Gasteiger charge is 1.98. The summed E-state index contributed by atoms with van der Waals surface area (Å²) in [6.07, 6.45) is 1.82. The van der Waals surface area contributed by atoms with Crippen molar-refractivity contribution in [3.63, 3.8) is 0 Å². The van der Waals surface area contributed by atoms with Crippen molar-refractivity contribution in [1.82, 2.24) is 10.3 Å². The molecule has 0 fully saturated rings. The molecule has 0 saturated carbocycles. The Balaban J connectivity index is 1.88. The SMILES string of the molecule is Cc1ccc(CNCc2ccccn2)cc1Br. The smallest absolute Gasteiger partial charge is 0.0541 e. The van der Waals surface area contributed by atoms with Crippen molar-refractivity contribution in [1.29, 1.82) is 0 Å². The van der Waals surface area contributed by atoms with Gasteiger partial charge in [-0.2, -0.15) is 0 Å². The van der Waals surface area contributed by atoms with Gasteiger partial charge in [0.05, 0.1) is 5.69 Å². The van der Waals surface area contributed by atoms with Gasteiger partial charge in [-0.15, -0.1) is 0 Å². The highest BCUT2D eigenvalue weighted by molar-refractivity contribution is 9.10. The largest absolute Gasteiger partial charge is 0.307 e. The van der Waals surface area contributed by atoms with Crippen LogP contribution >= 0.6 is 15.9 Å². The van der Waals surface area contributed by atoms with Crippen molar-refractivity contribution in [3.8, 4) is 0 Å². The van der Waals surface area contributed by atoms with E-state index in [1.54, 1.807) is 0 Å². The molecule has 0 aliphatic heterocycles. The molecule has 1 heterocycles. The molecule has 88 valence electrons. The average molecular weight is 291 g/mol. The summed E-state index contributed by atoms with van der Waals surface area (Å²) in [5, 5.41) is 3.38. The topological polar surface area (TPSA) is 24.9 Å². The van der Waals surface area contributed by atoms with Gasteiger partial charge < -0.3 is 5.32 Å². The molecule has 2 aromatic rings. The van der Waals surface area contributed by atoms with Crippen molar-refractivity contribution in [3.05, 3.63) is 63.9 Å². The second-order valence-corrected chi connectivity index (χ2v) is 4.86. The van der Waals surface area contributed by atoms with Gasteiger partial charge in [-0.25, -0.2) is 0 Å². The Kier molecular flexibility index (Phi) is 4.29. The van der Waals surface area contributed by atoms with Gasteiger partial charge in [0.1, 0.15) is 0 Å². The van der Waals surface area contributed by atoms with Crippen molar-refractivity contribution in [2.75, 3.05) is 0 Å². The van der Waals surface area contributed by atoms with E-state index < -0.39 is 0 Å². The Labute approximate surface area is 110 Å². The van der Waals surface area contributed by atoms with Crippen molar-refractivity contribution >= 4 is 15.9 Å². The van der Waals surface area contributed by atoms with Crippen LogP contribution in [0.3, 0.4) is 0 Å². The third-order valence-electron chi connectivity index (χ3n) is 2.60. The van der Waals surface area contributed by atoms with Gasteiger partial charge in [-0.3, -0.25) is 4.98 Å². The lowest BCUT2D eigenvalue weighted by Gasteiger charge is -2.06. The van der Waals surface area contributed by atoms with Gasteiger partial charge in [0.2, 0.25) is 0 Å². The molecule has 0 atom stereocenters. The molecule has 2 rings (SSSR count). The summed E-state index contributed by atoms with van der Waals surface area (Å²) in [6.45, 7) is 3.75. The molecule has 1 N–H and O–H groups in total. The van der Waals surface area contributed by atoms with Crippen LogP contribution in [0.15, 0.2) is 47.1 Å². The number of benzene rings is 1. The molecular formula is C14H15BrN2. The first-order chi connectivity index (χ1) is 8.25. The summed E-state index contributed by atoms with van der Waals surface area (Å²) in [7, 11) is 0. The van der Waals surface area contributed by atoms with Gasteiger partial charge in [0.15, 0.2) is 0 Å². The molecule has 0 radical (unpaired) electrons. The Morgan fingerprint density at radius 1 is 1.18 bits per heavy atom. The van der Waals surface area contributed by atoms with Crippen LogP contribution < -0.4 is 5.32 Å². The molecule has 0 spiro atoms. The third-order valence-corrected chi connectivity index (χ3v) is 3.45. The number of nitrogens with one attached hydrogen (secondary N) is 1. The van der Waals surface area contributed by atoms with E-state index in [9.17, 15) is 0 Å². The van der Waals surface area contributed by atoms with E-state index in [1.165, 1.54) is 11.1 Å². The molecule has 2 nitrogen and oxygen atoms in total. The molecule has 3 heteroatoms. The molecule has 0 aliphatic carbocycles. The normalized spacial score (nSPS) is 10.5. The Morgan fingerprint density at radius 2 is 2.06 bits per heavy atom. The van der Waals surface area contributed by atoms with E-state index in [1.807, 2.05) is 24.4 Å². The van der Waals surface area contributed by atoms with Crippen molar-refractivity contribution < 1.29 is 0 Å². The molecule has 0 saturated heterocycles. The molecule has 17 heavy (non-hydrogen) atoms. The van der Waals surface area contributed by atoms with Gasteiger partial charge >= 0.3 is 0 Å².